The van der Waals surface area contributed by atoms with Crippen LogP contribution in [0.2, 0.25) is 0 Å². The van der Waals surface area contributed by atoms with Crippen molar-refractivity contribution in [2.45, 2.75) is 38.9 Å². The first-order valence-corrected chi connectivity index (χ1v) is 10.1. The van der Waals surface area contributed by atoms with Crippen LogP contribution < -0.4 is 15.5 Å². The second kappa shape index (κ2) is 7.39. The summed E-state index contributed by atoms with van der Waals surface area (Å²) in [6.07, 6.45) is 0. The molecule has 1 N–H and O–H groups in total. The van der Waals surface area contributed by atoms with Gasteiger partial charge in [-0.3, -0.25) is 4.79 Å². The molecule has 1 aliphatic rings. The molecule has 31 heavy (non-hydrogen) atoms. The first-order chi connectivity index (χ1) is 14.5. The SMILES string of the molecule is COc1cc(B2OC(C)(C)C(C)(C)O2)ccc1NC(=O)c1cc2c(F)cccc2n1C. The van der Waals surface area contributed by atoms with Crippen LogP contribution in [-0.2, 0) is 16.4 Å². The van der Waals surface area contributed by atoms with E-state index in [2.05, 4.69) is 5.32 Å². The molecule has 1 saturated heterocycles. The molecule has 1 fully saturated rings. The third-order valence-electron chi connectivity index (χ3n) is 6.27. The number of carbonyl (C=O) groups is 1. The minimum Gasteiger partial charge on any atom is -0.495 e. The average Bonchev–Trinajstić information content (AvgIpc) is 3.16. The maximum atomic E-state index is 14.1. The quantitative estimate of drug-likeness (QED) is 0.646. The lowest BCUT2D eigenvalue weighted by Crippen LogP contribution is -2.41. The number of anilines is 1. The highest BCUT2D eigenvalue weighted by molar-refractivity contribution is 6.62. The van der Waals surface area contributed by atoms with Crippen molar-refractivity contribution in [2.24, 2.45) is 7.05 Å². The lowest BCUT2D eigenvalue weighted by molar-refractivity contribution is 0.00578. The molecule has 0 saturated carbocycles. The van der Waals surface area contributed by atoms with Crippen molar-refractivity contribution < 1.29 is 23.2 Å². The summed E-state index contributed by atoms with van der Waals surface area (Å²) >= 11 is 0. The Kier molecular flexibility index (Phi) is 5.10. The molecule has 1 aromatic heterocycles. The summed E-state index contributed by atoms with van der Waals surface area (Å²) in [5.41, 5.74) is 1.37. The number of benzene rings is 2. The summed E-state index contributed by atoms with van der Waals surface area (Å²) in [5.74, 6) is -0.248. The Morgan fingerprint density at radius 1 is 1.10 bits per heavy atom. The lowest BCUT2D eigenvalue weighted by atomic mass is 9.79. The van der Waals surface area contributed by atoms with E-state index in [-0.39, 0.29) is 11.7 Å². The van der Waals surface area contributed by atoms with Gasteiger partial charge in [-0.2, -0.15) is 0 Å². The smallest absolute Gasteiger partial charge is 0.494 e. The minimum atomic E-state index is -0.537. The number of aryl methyl sites for hydroxylation is 1. The van der Waals surface area contributed by atoms with Gasteiger partial charge in [-0.05, 0) is 63.5 Å². The fraction of sp³-hybridized carbons (Fsp3) is 0.348. The van der Waals surface area contributed by atoms with Crippen molar-refractivity contribution in [2.75, 3.05) is 12.4 Å². The Hall–Kier alpha value is -2.84. The van der Waals surface area contributed by atoms with Crippen LogP contribution in [0.25, 0.3) is 10.9 Å². The number of aromatic nitrogens is 1. The number of hydrogen-bond donors (Lipinski definition) is 1. The van der Waals surface area contributed by atoms with Crippen LogP contribution in [0.4, 0.5) is 10.1 Å². The first kappa shape index (κ1) is 21.4. The fourth-order valence-corrected chi connectivity index (χ4v) is 3.67. The third-order valence-corrected chi connectivity index (χ3v) is 6.27. The van der Waals surface area contributed by atoms with E-state index < -0.39 is 18.3 Å². The van der Waals surface area contributed by atoms with E-state index in [1.807, 2.05) is 33.8 Å². The Labute approximate surface area is 181 Å². The molecule has 0 unspecified atom stereocenters. The second-order valence-corrected chi connectivity index (χ2v) is 8.76. The van der Waals surface area contributed by atoms with Gasteiger partial charge in [0.15, 0.2) is 0 Å². The number of nitrogens with zero attached hydrogens (tertiary/aromatic N) is 1. The summed E-state index contributed by atoms with van der Waals surface area (Å²) < 4.78 is 33.5. The summed E-state index contributed by atoms with van der Waals surface area (Å²) in [7, 11) is 2.73. The Morgan fingerprint density at radius 3 is 2.39 bits per heavy atom. The van der Waals surface area contributed by atoms with Gasteiger partial charge in [-0.25, -0.2) is 4.39 Å². The molecule has 1 aliphatic heterocycles. The van der Waals surface area contributed by atoms with E-state index in [0.717, 1.165) is 5.46 Å². The summed E-state index contributed by atoms with van der Waals surface area (Å²) in [5, 5.41) is 3.26. The van der Waals surface area contributed by atoms with Gasteiger partial charge in [0.25, 0.3) is 5.91 Å². The first-order valence-electron chi connectivity index (χ1n) is 10.1. The highest BCUT2D eigenvalue weighted by atomic mass is 19.1. The normalized spacial score (nSPS) is 17.2. The van der Waals surface area contributed by atoms with Crippen LogP contribution in [-0.4, -0.2) is 35.9 Å². The molecule has 0 bridgehead atoms. The van der Waals surface area contributed by atoms with Crippen molar-refractivity contribution in [1.82, 2.24) is 4.57 Å². The Morgan fingerprint density at radius 2 is 1.77 bits per heavy atom. The minimum absolute atomic E-state index is 0.345. The Balaban J connectivity index is 1.61. The Bertz CT molecular complexity index is 1160. The fourth-order valence-electron chi connectivity index (χ4n) is 3.67. The zero-order chi connectivity index (χ0) is 22.6. The van der Waals surface area contributed by atoms with Gasteiger partial charge in [0.2, 0.25) is 0 Å². The van der Waals surface area contributed by atoms with Crippen LogP contribution in [0.1, 0.15) is 38.2 Å². The van der Waals surface area contributed by atoms with Crippen molar-refractivity contribution in [3.63, 3.8) is 0 Å². The van der Waals surface area contributed by atoms with Gasteiger partial charge in [0, 0.05) is 12.4 Å². The molecule has 4 rings (SSSR count). The monoisotopic (exact) mass is 424 g/mol. The van der Waals surface area contributed by atoms with E-state index in [9.17, 15) is 9.18 Å². The zero-order valence-electron chi connectivity index (χ0n) is 18.6. The summed E-state index contributed by atoms with van der Waals surface area (Å²) in [6, 6.07) is 11.7. The van der Waals surface area contributed by atoms with E-state index in [1.165, 1.54) is 13.2 Å². The number of ether oxygens (including phenoxy) is 1. The summed E-state index contributed by atoms with van der Waals surface area (Å²) in [6.45, 7) is 7.97. The standard InChI is InChI=1S/C23H26BFN2O4/c1-22(2)23(3,4)31-24(30-22)14-10-11-17(20(12-14)29-6)26-21(28)19-13-15-16(25)8-7-9-18(15)27(19)5/h7-13H,1-6H3,(H,26,28). The van der Waals surface area contributed by atoms with Crippen LogP contribution >= 0.6 is 0 Å². The number of amides is 1. The molecule has 0 spiro atoms. The number of carbonyl (C=O) groups excluding carboxylic acids is 1. The molecule has 0 radical (unpaired) electrons. The predicted molar refractivity (Wildman–Crippen MR) is 120 cm³/mol. The third kappa shape index (κ3) is 3.60. The zero-order valence-corrected chi connectivity index (χ0v) is 18.6. The number of nitrogens with one attached hydrogen (secondary N) is 1. The molecular formula is C23H26BFN2O4. The molecule has 1 amide bonds. The molecular weight excluding hydrogens is 398 g/mol. The summed E-state index contributed by atoms with van der Waals surface area (Å²) in [4.78, 5) is 12.9. The highest BCUT2D eigenvalue weighted by Crippen LogP contribution is 2.37. The lowest BCUT2D eigenvalue weighted by Gasteiger charge is -2.32. The van der Waals surface area contributed by atoms with Crippen molar-refractivity contribution in [1.29, 1.82) is 0 Å². The topological polar surface area (TPSA) is 61.7 Å². The van der Waals surface area contributed by atoms with E-state index in [0.29, 0.717) is 28.0 Å². The maximum absolute atomic E-state index is 14.1. The van der Waals surface area contributed by atoms with Gasteiger partial charge in [-0.1, -0.05) is 12.1 Å². The van der Waals surface area contributed by atoms with Gasteiger partial charge >= 0.3 is 7.12 Å². The van der Waals surface area contributed by atoms with Crippen LogP contribution in [0.3, 0.4) is 0 Å². The van der Waals surface area contributed by atoms with E-state index in [4.69, 9.17) is 14.0 Å². The number of methoxy groups -OCH3 is 1. The van der Waals surface area contributed by atoms with E-state index >= 15 is 0 Å². The molecule has 3 aromatic rings. The van der Waals surface area contributed by atoms with Crippen molar-refractivity contribution in [3.05, 3.63) is 54.0 Å². The van der Waals surface area contributed by atoms with Crippen molar-refractivity contribution >= 4 is 35.1 Å². The second-order valence-electron chi connectivity index (χ2n) is 8.76. The molecule has 8 heteroatoms. The predicted octanol–water partition coefficient (Wildman–Crippen LogP) is 3.88. The van der Waals surface area contributed by atoms with Crippen LogP contribution in [0.15, 0.2) is 42.5 Å². The number of halogens is 1. The largest absolute Gasteiger partial charge is 0.495 e. The molecule has 2 heterocycles. The van der Waals surface area contributed by atoms with Gasteiger partial charge < -0.3 is 23.9 Å². The molecule has 2 aromatic carbocycles. The van der Waals surface area contributed by atoms with Gasteiger partial charge in [-0.15, -0.1) is 0 Å². The van der Waals surface area contributed by atoms with Crippen LogP contribution in [0, 0.1) is 5.82 Å². The molecule has 162 valence electrons. The molecule has 0 aliphatic carbocycles. The number of hydrogen-bond acceptors (Lipinski definition) is 4. The number of rotatable bonds is 4. The molecule has 0 atom stereocenters. The van der Waals surface area contributed by atoms with E-state index in [1.54, 1.807) is 41.9 Å². The maximum Gasteiger partial charge on any atom is 0.494 e. The highest BCUT2D eigenvalue weighted by Gasteiger charge is 2.51. The van der Waals surface area contributed by atoms with Crippen LogP contribution in [0.5, 0.6) is 5.75 Å². The van der Waals surface area contributed by atoms with Crippen molar-refractivity contribution in [3.8, 4) is 5.75 Å². The van der Waals surface area contributed by atoms with Gasteiger partial charge in [0.1, 0.15) is 17.3 Å². The number of fused-ring (bicyclic) bond motifs is 1. The molecule has 6 nitrogen and oxygen atoms in total. The van der Waals surface area contributed by atoms with Gasteiger partial charge in [0.05, 0.1) is 29.5 Å². The average molecular weight is 424 g/mol.